The van der Waals surface area contributed by atoms with E-state index in [1.807, 2.05) is 0 Å². The smallest absolute Gasteiger partial charge is 0.433 e. The lowest BCUT2D eigenvalue weighted by molar-refractivity contribution is -0.141. The van der Waals surface area contributed by atoms with Crippen molar-refractivity contribution in [3.05, 3.63) is 65.1 Å². The van der Waals surface area contributed by atoms with Crippen LogP contribution >= 0.6 is 11.6 Å². The fourth-order valence-corrected chi connectivity index (χ4v) is 2.38. The van der Waals surface area contributed by atoms with Crippen LogP contribution < -0.4 is 4.74 Å². The zero-order valence-corrected chi connectivity index (χ0v) is 14.5. The van der Waals surface area contributed by atoms with Crippen molar-refractivity contribution in [3.63, 3.8) is 0 Å². The molecule has 0 saturated carbocycles. The molecule has 3 rings (SSSR count). The third-order valence-electron chi connectivity index (χ3n) is 3.47. The Balaban J connectivity index is 2.03. The minimum absolute atomic E-state index is 0.0608. The number of alkyl halides is 3. The molecule has 0 bridgehead atoms. The first-order valence-electron chi connectivity index (χ1n) is 7.59. The zero-order chi connectivity index (χ0) is 19.6. The van der Waals surface area contributed by atoms with Gasteiger partial charge in [-0.05, 0) is 37.3 Å². The third kappa shape index (κ3) is 4.40. The van der Waals surface area contributed by atoms with Crippen LogP contribution in [0.2, 0.25) is 5.02 Å². The van der Waals surface area contributed by atoms with Gasteiger partial charge in [0.15, 0.2) is 17.3 Å². The monoisotopic (exact) mass is 393 g/mol. The maximum absolute atomic E-state index is 13.2. The number of rotatable bonds is 4. The molecule has 0 amide bonds. The molecule has 2 heterocycles. The number of hydrogen-bond acceptors (Lipinski definition) is 5. The Morgan fingerprint density at radius 2 is 1.93 bits per heavy atom. The van der Waals surface area contributed by atoms with Crippen LogP contribution in [0.5, 0.6) is 11.6 Å². The van der Waals surface area contributed by atoms with E-state index in [2.05, 4.69) is 15.0 Å². The molecule has 0 N–H and O–H groups in total. The Kier molecular flexibility index (Phi) is 5.09. The van der Waals surface area contributed by atoms with E-state index >= 15 is 0 Å². The Morgan fingerprint density at radius 1 is 1.15 bits per heavy atom. The van der Waals surface area contributed by atoms with Crippen molar-refractivity contribution < 1.29 is 22.7 Å². The SMILES string of the molecule is CC(=O)c1ccc(Oc2cc(C(F)(F)F)nc(-c3cccnc3)n2)c(Cl)c1. The van der Waals surface area contributed by atoms with Crippen molar-refractivity contribution >= 4 is 17.4 Å². The molecule has 9 heteroatoms. The molecule has 0 fully saturated rings. The molecule has 1 aromatic carbocycles. The number of pyridine rings is 1. The van der Waals surface area contributed by atoms with Crippen LogP contribution in [0.3, 0.4) is 0 Å². The molecule has 0 aliphatic carbocycles. The number of nitrogens with zero attached hydrogens (tertiary/aromatic N) is 3. The van der Waals surface area contributed by atoms with Gasteiger partial charge < -0.3 is 4.74 Å². The molecule has 5 nitrogen and oxygen atoms in total. The summed E-state index contributed by atoms with van der Waals surface area (Å²) in [5.74, 6) is -0.674. The third-order valence-corrected chi connectivity index (χ3v) is 3.76. The molecule has 0 radical (unpaired) electrons. The van der Waals surface area contributed by atoms with Crippen molar-refractivity contribution in [2.45, 2.75) is 13.1 Å². The molecule has 3 aromatic rings. The molecular formula is C18H11ClF3N3O2. The molecule has 138 valence electrons. The maximum atomic E-state index is 13.2. The average molecular weight is 394 g/mol. The number of Topliss-reactive ketones (excluding diaryl/α,β-unsaturated/α-hetero) is 1. The summed E-state index contributed by atoms with van der Waals surface area (Å²) in [7, 11) is 0. The first-order chi connectivity index (χ1) is 12.7. The average Bonchev–Trinajstić information content (AvgIpc) is 2.63. The summed E-state index contributed by atoms with van der Waals surface area (Å²) in [6, 6.07) is 7.97. The standard InChI is InChI=1S/C18H11ClF3N3O2/c1-10(26)11-4-5-14(13(19)7-11)27-16-8-15(18(20,21)22)24-17(25-16)12-3-2-6-23-9-12/h2-9H,1H3. The quantitative estimate of drug-likeness (QED) is 0.569. The number of benzene rings is 1. The first kappa shape index (κ1) is 18.8. The summed E-state index contributed by atoms with van der Waals surface area (Å²) in [6.07, 6.45) is -1.88. The normalized spacial score (nSPS) is 11.3. The van der Waals surface area contributed by atoms with Crippen molar-refractivity contribution in [1.29, 1.82) is 0 Å². The van der Waals surface area contributed by atoms with Gasteiger partial charge in [-0.25, -0.2) is 4.98 Å². The van der Waals surface area contributed by atoms with Crippen molar-refractivity contribution in [2.75, 3.05) is 0 Å². The summed E-state index contributed by atoms with van der Waals surface area (Å²) in [6.45, 7) is 1.37. The van der Waals surface area contributed by atoms with Gasteiger partial charge in [0, 0.05) is 29.6 Å². The second-order valence-corrected chi connectivity index (χ2v) is 5.87. The fourth-order valence-electron chi connectivity index (χ4n) is 2.16. The Hall–Kier alpha value is -3.00. The minimum atomic E-state index is -4.69. The summed E-state index contributed by atoms with van der Waals surface area (Å²) in [5.41, 5.74) is -0.517. The van der Waals surface area contributed by atoms with Crippen LogP contribution in [0.4, 0.5) is 13.2 Å². The first-order valence-corrected chi connectivity index (χ1v) is 7.97. The van der Waals surface area contributed by atoms with Gasteiger partial charge >= 0.3 is 6.18 Å². The molecule has 0 spiro atoms. The van der Waals surface area contributed by atoms with Gasteiger partial charge in [0.1, 0.15) is 5.75 Å². The summed E-state index contributed by atoms with van der Waals surface area (Å²) >= 11 is 6.06. The number of ether oxygens (including phenoxy) is 1. The van der Waals surface area contributed by atoms with Crippen LogP contribution in [-0.2, 0) is 6.18 Å². The van der Waals surface area contributed by atoms with Gasteiger partial charge in [0.25, 0.3) is 0 Å². The highest BCUT2D eigenvalue weighted by Gasteiger charge is 2.34. The van der Waals surface area contributed by atoms with E-state index < -0.39 is 11.9 Å². The van der Waals surface area contributed by atoms with E-state index in [1.165, 1.54) is 43.6 Å². The number of carbonyl (C=O) groups is 1. The van der Waals surface area contributed by atoms with Gasteiger partial charge in [0.2, 0.25) is 5.88 Å². The van der Waals surface area contributed by atoms with E-state index in [4.69, 9.17) is 16.3 Å². The largest absolute Gasteiger partial charge is 0.437 e. The Bertz CT molecular complexity index is 995. The summed E-state index contributed by atoms with van der Waals surface area (Å²) in [4.78, 5) is 22.8. The number of ketones is 1. The maximum Gasteiger partial charge on any atom is 0.433 e. The fraction of sp³-hybridized carbons (Fsp3) is 0.111. The van der Waals surface area contributed by atoms with Crippen LogP contribution in [0, 0.1) is 0 Å². The summed E-state index contributed by atoms with van der Waals surface area (Å²) in [5, 5.41) is 0.0674. The second kappa shape index (κ2) is 7.32. The molecule has 0 atom stereocenters. The number of aromatic nitrogens is 3. The Labute approximate surface area is 156 Å². The predicted octanol–water partition coefficient (Wildman–Crippen LogP) is 5.21. The Morgan fingerprint density at radius 3 is 2.52 bits per heavy atom. The van der Waals surface area contributed by atoms with Crippen LogP contribution in [-0.4, -0.2) is 20.7 Å². The molecule has 0 aliphatic rings. The predicted molar refractivity (Wildman–Crippen MR) is 91.8 cm³/mol. The number of carbonyl (C=O) groups excluding carboxylic acids is 1. The zero-order valence-electron chi connectivity index (χ0n) is 13.8. The lowest BCUT2D eigenvalue weighted by Gasteiger charge is -2.12. The molecule has 0 saturated heterocycles. The summed E-state index contributed by atoms with van der Waals surface area (Å²) < 4.78 is 45.0. The van der Waals surface area contributed by atoms with Gasteiger partial charge in [-0.15, -0.1) is 0 Å². The van der Waals surface area contributed by atoms with Gasteiger partial charge in [-0.1, -0.05) is 11.6 Å². The van der Waals surface area contributed by atoms with Gasteiger partial charge in [-0.2, -0.15) is 18.2 Å². The number of hydrogen-bond donors (Lipinski definition) is 0. The molecule has 0 aliphatic heterocycles. The number of halogens is 4. The van der Waals surface area contributed by atoms with E-state index in [1.54, 1.807) is 6.07 Å². The van der Waals surface area contributed by atoms with E-state index in [9.17, 15) is 18.0 Å². The van der Waals surface area contributed by atoms with E-state index in [0.29, 0.717) is 17.2 Å². The van der Waals surface area contributed by atoms with Gasteiger partial charge in [-0.3, -0.25) is 9.78 Å². The molecule has 27 heavy (non-hydrogen) atoms. The van der Waals surface area contributed by atoms with Gasteiger partial charge in [0.05, 0.1) is 5.02 Å². The van der Waals surface area contributed by atoms with Crippen molar-refractivity contribution in [2.24, 2.45) is 0 Å². The van der Waals surface area contributed by atoms with E-state index in [0.717, 1.165) is 0 Å². The molecular weight excluding hydrogens is 383 g/mol. The molecule has 0 unspecified atom stereocenters. The van der Waals surface area contributed by atoms with E-state index in [-0.39, 0.29) is 28.3 Å². The second-order valence-electron chi connectivity index (χ2n) is 5.46. The lowest BCUT2D eigenvalue weighted by Crippen LogP contribution is -2.10. The highest BCUT2D eigenvalue weighted by molar-refractivity contribution is 6.32. The van der Waals surface area contributed by atoms with Crippen molar-refractivity contribution in [3.8, 4) is 23.0 Å². The van der Waals surface area contributed by atoms with Crippen molar-refractivity contribution in [1.82, 2.24) is 15.0 Å². The topological polar surface area (TPSA) is 65.0 Å². The lowest BCUT2D eigenvalue weighted by atomic mass is 10.1. The molecule has 2 aromatic heterocycles. The minimum Gasteiger partial charge on any atom is -0.437 e. The van der Waals surface area contributed by atoms with Crippen LogP contribution in [0.1, 0.15) is 23.0 Å². The van der Waals surface area contributed by atoms with Crippen LogP contribution in [0.25, 0.3) is 11.4 Å². The van der Waals surface area contributed by atoms with Crippen LogP contribution in [0.15, 0.2) is 48.8 Å². The highest BCUT2D eigenvalue weighted by atomic mass is 35.5. The highest BCUT2D eigenvalue weighted by Crippen LogP contribution is 2.34.